The summed E-state index contributed by atoms with van der Waals surface area (Å²) in [7, 11) is 0. The van der Waals surface area contributed by atoms with Crippen molar-refractivity contribution in [2.45, 2.75) is 19.0 Å². The van der Waals surface area contributed by atoms with E-state index in [0.717, 1.165) is 16.8 Å². The van der Waals surface area contributed by atoms with Crippen molar-refractivity contribution in [2.24, 2.45) is 0 Å². The van der Waals surface area contributed by atoms with E-state index in [1.807, 2.05) is 42.6 Å². The van der Waals surface area contributed by atoms with Crippen molar-refractivity contribution in [2.75, 3.05) is 11.1 Å². The Balaban J connectivity index is 1.60. The van der Waals surface area contributed by atoms with Gasteiger partial charge in [-0.2, -0.15) is 5.26 Å². The lowest BCUT2D eigenvalue weighted by atomic mass is 10.2. The van der Waals surface area contributed by atoms with Crippen LogP contribution in [0.1, 0.15) is 16.8 Å². The van der Waals surface area contributed by atoms with Crippen LogP contribution < -0.4 is 5.32 Å². The molecule has 6 nitrogen and oxygen atoms in total. The maximum Gasteiger partial charge on any atom is 0.236 e. The highest BCUT2D eigenvalue weighted by Crippen LogP contribution is 2.30. The molecule has 30 heavy (non-hydrogen) atoms. The SMILES string of the molecule is Cc1c(C#N)c(NC(=O)CSc2ncc3ccccn23)n(-c2ccc(F)cc2)c1C. The average molecular weight is 419 g/mol. The molecule has 0 unspecified atom stereocenters. The van der Waals surface area contributed by atoms with Crippen molar-refractivity contribution < 1.29 is 9.18 Å². The van der Waals surface area contributed by atoms with Crippen LogP contribution in [0.15, 0.2) is 60.0 Å². The Morgan fingerprint density at radius 1 is 1.23 bits per heavy atom. The highest BCUT2D eigenvalue weighted by Gasteiger charge is 2.21. The van der Waals surface area contributed by atoms with Crippen LogP contribution in [0, 0.1) is 31.0 Å². The molecule has 0 atom stereocenters. The minimum absolute atomic E-state index is 0.131. The summed E-state index contributed by atoms with van der Waals surface area (Å²) in [6.07, 6.45) is 3.64. The van der Waals surface area contributed by atoms with E-state index in [1.54, 1.807) is 22.9 Å². The number of thioether (sulfide) groups is 1. The van der Waals surface area contributed by atoms with Gasteiger partial charge in [0.2, 0.25) is 5.91 Å². The largest absolute Gasteiger partial charge is 0.310 e. The number of benzene rings is 1. The highest BCUT2D eigenvalue weighted by atomic mass is 32.2. The maximum absolute atomic E-state index is 13.4. The number of anilines is 1. The quantitative estimate of drug-likeness (QED) is 0.484. The normalized spacial score (nSPS) is 10.9. The van der Waals surface area contributed by atoms with Crippen LogP contribution in [0.2, 0.25) is 0 Å². The Morgan fingerprint density at radius 2 is 2.00 bits per heavy atom. The lowest BCUT2D eigenvalue weighted by Crippen LogP contribution is -2.18. The number of fused-ring (bicyclic) bond motifs is 1. The molecule has 0 radical (unpaired) electrons. The summed E-state index contributed by atoms with van der Waals surface area (Å²) in [5.41, 5.74) is 3.58. The van der Waals surface area contributed by atoms with Crippen LogP contribution in [0.3, 0.4) is 0 Å². The fourth-order valence-corrected chi connectivity index (χ4v) is 4.06. The number of carbonyl (C=O) groups is 1. The molecular weight excluding hydrogens is 401 g/mol. The molecule has 0 bridgehead atoms. The molecule has 3 heterocycles. The van der Waals surface area contributed by atoms with E-state index < -0.39 is 0 Å². The van der Waals surface area contributed by atoms with Crippen LogP contribution in [0.4, 0.5) is 10.2 Å². The number of nitrogens with one attached hydrogen (secondary N) is 1. The van der Waals surface area contributed by atoms with Crippen molar-refractivity contribution in [1.29, 1.82) is 5.26 Å². The van der Waals surface area contributed by atoms with E-state index in [-0.39, 0.29) is 17.5 Å². The van der Waals surface area contributed by atoms with Crippen molar-refractivity contribution >= 4 is 29.0 Å². The molecule has 8 heteroatoms. The lowest BCUT2D eigenvalue weighted by Gasteiger charge is -2.13. The Bertz CT molecular complexity index is 1280. The molecule has 0 spiro atoms. The molecule has 1 N–H and O–H groups in total. The van der Waals surface area contributed by atoms with E-state index >= 15 is 0 Å². The molecule has 4 rings (SSSR count). The van der Waals surface area contributed by atoms with Crippen molar-refractivity contribution in [1.82, 2.24) is 14.0 Å². The minimum Gasteiger partial charge on any atom is -0.310 e. The van der Waals surface area contributed by atoms with Gasteiger partial charge in [0, 0.05) is 17.6 Å². The number of aromatic nitrogens is 3. The zero-order chi connectivity index (χ0) is 21.3. The summed E-state index contributed by atoms with van der Waals surface area (Å²) in [6.45, 7) is 3.69. The Kier molecular flexibility index (Phi) is 5.29. The Labute approximate surface area is 177 Å². The standard InChI is InChI=1S/C22H18FN5OS/c1-14-15(2)28(17-8-6-16(23)7-9-17)21(19(14)11-24)26-20(29)13-30-22-25-12-18-5-3-4-10-27(18)22/h3-10,12H,13H2,1-2H3,(H,26,29). The third-order valence-corrected chi connectivity index (χ3v) is 5.87. The molecule has 1 amide bonds. The van der Waals surface area contributed by atoms with Crippen LogP contribution in [-0.2, 0) is 4.79 Å². The van der Waals surface area contributed by atoms with Crippen LogP contribution in [0.25, 0.3) is 11.2 Å². The number of imidazole rings is 1. The Morgan fingerprint density at radius 3 is 2.73 bits per heavy atom. The highest BCUT2D eigenvalue weighted by molar-refractivity contribution is 7.99. The zero-order valence-electron chi connectivity index (χ0n) is 16.4. The third kappa shape index (κ3) is 3.55. The second kappa shape index (κ2) is 8.05. The van der Waals surface area contributed by atoms with Gasteiger partial charge in [-0.1, -0.05) is 17.8 Å². The van der Waals surface area contributed by atoms with Gasteiger partial charge in [-0.15, -0.1) is 0 Å². The fraction of sp³-hybridized carbons (Fsp3) is 0.136. The number of amides is 1. The average Bonchev–Trinajstić information content (AvgIpc) is 3.26. The first kappa shape index (κ1) is 19.7. The molecule has 0 aliphatic rings. The van der Waals surface area contributed by atoms with Gasteiger partial charge in [-0.25, -0.2) is 9.37 Å². The summed E-state index contributed by atoms with van der Waals surface area (Å²) in [5, 5.41) is 13.2. The van der Waals surface area contributed by atoms with E-state index in [4.69, 9.17) is 0 Å². The predicted molar refractivity (Wildman–Crippen MR) is 114 cm³/mol. The van der Waals surface area contributed by atoms with Gasteiger partial charge in [0.1, 0.15) is 17.7 Å². The molecule has 0 aliphatic heterocycles. The first-order valence-electron chi connectivity index (χ1n) is 9.22. The first-order chi connectivity index (χ1) is 14.5. The monoisotopic (exact) mass is 419 g/mol. The number of hydrogen-bond acceptors (Lipinski definition) is 4. The Hall–Kier alpha value is -3.57. The molecule has 0 saturated carbocycles. The number of hydrogen-bond donors (Lipinski definition) is 1. The first-order valence-corrected chi connectivity index (χ1v) is 10.2. The van der Waals surface area contributed by atoms with E-state index in [0.29, 0.717) is 22.2 Å². The number of carbonyl (C=O) groups excluding carboxylic acids is 1. The number of pyridine rings is 1. The molecule has 0 aliphatic carbocycles. The molecular formula is C22H18FN5OS. The summed E-state index contributed by atoms with van der Waals surface area (Å²) < 4.78 is 17.0. The minimum atomic E-state index is -0.352. The molecule has 150 valence electrons. The molecule has 0 saturated heterocycles. The number of nitrogens with zero attached hydrogens (tertiary/aromatic N) is 4. The second-order valence-electron chi connectivity index (χ2n) is 6.73. The smallest absolute Gasteiger partial charge is 0.236 e. The van der Waals surface area contributed by atoms with Gasteiger partial charge in [-0.3, -0.25) is 13.8 Å². The number of nitriles is 1. The van der Waals surface area contributed by atoms with Gasteiger partial charge in [0.25, 0.3) is 0 Å². The van der Waals surface area contributed by atoms with Gasteiger partial charge < -0.3 is 5.32 Å². The molecule has 0 fully saturated rings. The third-order valence-electron chi connectivity index (χ3n) is 4.91. The van der Waals surface area contributed by atoms with Gasteiger partial charge in [0.05, 0.1) is 23.0 Å². The molecule has 3 aromatic heterocycles. The van der Waals surface area contributed by atoms with E-state index in [1.165, 1.54) is 23.9 Å². The number of rotatable bonds is 5. The maximum atomic E-state index is 13.4. The summed E-state index contributed by atoms with van der Waals surface area (Å²) >= 11 is 1.31. The van der Waals surface area contributed by atoms with Crippen LogP contribution in [0.5, 0.6) is 0 Å². The second-order valence-corrected chi connectivity index (χ2v) is 7.67. The predicted octanol–water partition coefficient (Wildman–Crippen LogP) is 4.48. The van der Waals surface area contributed by atoms with Crippen molar-refractivity contribution in [3.8, 4) is 11.8 Å². The number of halogens is 1. The fourth-order valence-electron chi connectivity index (χ4n) is 3.30. The van der Waals surface area contributed by atoms with Crippen molar-refractivity contribution in [3.05, 3.63) is 77.5 Å². The lowest BCUT2D eigenvalue weighted by molar-refractivity contribution is -0.113. The summed E-state index contributed by atoms with van der Waals surface area (Å²) in [5.74, 6) is -0.0941. The molecule has 4 aromatic rings. The summed E-state index contributed by atoms with van der Waals surface area (Å²) in [4.78, 5) is 17.1. The van der Waals surface area contributed by atoms with E-state index in [9.17, 15) is 14.4 Å². The van der Waals surface area contributed by atoms with Gasteiger partial charge >= 0.3 is 0 Å². The molecule has 1 aromatic carbocycles. The van der Waals surface area contributed by atoms with Crippen LogP contribution >= 0.6 is 11.8 Å². The topological polar surface area (TPSA) is 75.1 Å². The van der Waals surface area contributed by atoms with Gasteiger partial charge in [-0.05, 0) is 55.8 Å². The summed E-state index contributed by atoms with van der Waals surface area (Å²) in [6, 6.07) is 13.9. The van der Waals surface area contributed by atoms with E-state index in [2.05, 4.69) is 16.4 Å². The van der Waals surface area contributed by atoms with Crippen LogP contribution in [-0.4, -0.2) is 25.6 Å². The van der Waals surface area contributed by atoms with Crippen molar-refractivity contribution in [3.63, 3.8) is 0 Å². The zero-order valence-corrected chi connectivity index (χ0v) is 17.2. The van der Waals surface area contributed by atoms with Gasteiger partial charge in [0.15, 0.2) is 5.16 Å².